The Kier molecular flexibility index (Phi) is 6.02. The highest BCUT2D eigenvalue weighted by atomic mass is 16.2. The number of rotatable bonds is 6. The van der Waals surface area contributed by atoms with E-state index in [1.54, 1.807) is 25.8 Å². The second-order valence-electron chi connectivity index (χ2n) is 7.97. The maximum absolute atomic E-state index is 12.9. The minimum Gasteiger partial charge on any atom is -0.372 e. The summed E-state index contributed by atoms with van der Waals surface area (Å²) in [6.07, 6.45) is 2.45. The van der Waals surface area contributed by atoms with Gasteiger partial charge in [-0.3, -0.25) is 9.59 Å². The lowest BCUT2D eigenvalue weighted by molar-refractivity contribution is -0.145. The van der Waals surface area contributed by atoms with Crippen molar-refractivity contribution in [2.45, 2.75) is 33.2 Å². The number of anilines is 2. The molecule has 148 valence electrons. The highest BCUT2D eigenvalue weighted by Crippen LogP contribution is 2.25. The van der Waals surface area contributed by atoms with Crippen molar-refractivity contribution in [2.24, 2.45) is 5.41 Å². The summed E-state index contributed by atoms with van der Waals surface area (Å²) in [6.45, 7) is 5.98. The number of hydrogen-bond acceptors (Lipinski definition) is 3. The summed E-state index contributed by atoms with van der Waals surface area (Å²) in [6, 6.07) is 17.6. The molecule has 2 aromatic carbocycles. The smallest absolute Gasteiger partial charge is 0.239 e. The zero-order valence-electron chi connectivity index (χ0n) is 16.9. The lowest BCUT2D eigenvalue weighted by Crippen LogP contribution is -2.45. The predicted octanol–water partition coefficient (Wildman–Crippen LogP) is 3.91. The van der Waals surface area contributed by atoms with E-state index in [-0.39, 0.29) is 11.8 Å². The van der Waals surface area contributed by atoms with Crippen molar-refractivity contribution in [1.29, 1.82) is 0 Å². The van der Waals surface area contributed by atoms with Crippen molar-refractivity contribution in [1.82, 2.24) is 4.90 Å². The lowest BCUT2D eigenvalue weighted by Gasteiger charge is -2.28. The van der Waals surface area contributed by atoms with Crippen LogP contribution in [0.3, 0.4) is 0 Å². The Morgan fingerprint density at radius 2 is 1.61 bits per heavy atom. The number of nitrogens with one attached hydrogen (secondary N) is 1. The minimum atomic E-state index is -1.16. The molecule has 0 aliphatic carbocycles. The van der Waals surface area contributed by atoms with Gasteiger partial charge in [-0.25, -0.2) is 0 Å². The predicted molar refractivity (Wildman–Crippen MR) is 113 cm³/mol. The normalized spacial score (nSPS) is 14.0. The number of amides is 2. The second-order valence-corrected chi connectivity index (χ2v) is 7.97. The highest BCUT2D eigenvalue weighted by Gasteiger charge is 2.38. The molecule has 0 saturated carbocycles. The van der Waals surface area contributed by atoms with Gasteiger partial charge in [-0.15, -0.1) is 0 Å². The van der Waals surface area contributed by atoms with E-state index in [9.17, 15) is 9.59 Å². The van der Waals surface area contributed by atoms with Crippen LogP contribution < -0.4 is 10.2 Å². The van der Waals surface area contributed by atoms with E-state index in [0.29, 0.717) is 12.2 Å². The van der Waals surface area contributed by atoms with Gasteiger partial charge in [0.25, 0.3) is 0 Å². The summed E-state index contributed by atoms with van der Waals surface area (Å²) in [4.78, 5) is 29.6. The zero-order chi connectivity index (χ0) is 20.1. The molecule has 1 aliphatic rings. The monoisotopic (exact) mass is 379 g/mol. The third-order valence-corrected chi connectivity index (χ3v) is 5.31. The number of nitrogens with zero attached hydrogens (tertiary/aromatic N) is 2. The number of carbonyl (C=O) groups is 2. The van der Waals surface area contributed by atoms with Crippen molar-refractivity contribution in [3.8, 4) is 0 Å². The Bertz CT molecular complexity index is 810. The van der Waals surface area contributed by atoms with Crippen molar-refractivity contribution < 1.29 is 9.59 Å². The minimum absolute atomic E-state index is 0.206. The molecular formula is C23H29N3O2. The summed E-state index contributed by atoms with van der Waals surface area (Å²) < 4.78 is 0. The molecule has 0 bridgehead atoms. The third-order valence-electron chi connectivity index (χ3n) is 5.31. The molecule has 0 radical (unpaired) electrons. The van der Waals surface area contributed by atoms with Gasteiger partial charge >= 0.3 is 0 Å². The summed E-state index contributed by atoms with van der Waals surface area (Å²) in [5, 5.41) is 2.89. The Morgan fingerprint density at radius 1 is 1.00 bits per heavy atom. The van der Waals surface area contributed by atoms with Gasteiger partial charge in [0.2, 0.25) is 11.8 Å². The van der Waals surface area contributed by atoms with Gasteiger partial charge in [0.15, 0.2) is 0 Å². The van der Waals surface area contributed by atoms with E-state index in [4.69, 9.17) is 0 Å². The van der Waals surface area contributed by atoms with E-state index in [2.05, 4.69) is 10.2 Å². The van der Waals surface area contributed by atoms with E-state index >= 15 is 0 Å². The van der Waals surface area contributed by atoms with Gasteiger partial charge in [-0.05, 0) is 56.5 Å². The van der Waals surface area contributed by atoms with Crippen LogP contribution in [0.4, 0.5) is 11.4 Å². The van der Waals surface area contributed by atoms with Crippen LogP contribution in [-0.4, -0.2) is 36.9 Å². The summed E-state index contributed by atoms with van der Waals surface area (Å²) in [5.41, 5.74) is 1.76. The van der Waals surface area contributed by atoms with E-state index in [0.717, 1.165) is 18.7 Å². The quantitative estimate of drug-likeness (QED) is 0.774. The van der Waals surface area contributed by atoms with E-state index < -0.39 is 5.41 Å². The molecule has 5 nitrogen and oxygen atoms in total. The van der Waals surface area contributed by atoms with Crippen molar-refractivity contribution in [3.05, 3.63) is 60.2 Å². The van der Waals surface area contributed by atoms with Crippen LogP contribution >= 0.6 is 0 Å². The van der Waals surface area contributed by atoms with Crippen LogP contribution in [0.15, 0.2) is 54.6 Å². The summed E-state index contributed by atoms with van der Waals surface area (Å²) in [5.74, 6) is -0.506. The molecule has 28 heavy (non-hydrogen) atoms. The molecule has 0 aromatic heterocycles. The van der Waals surface area contributed by atoms with E-state index in [1.165, 1.54) is 18.5 Å². The molecule has 0 unspecified atom stereocenters. The zero-order valence-corrected chi connectivity index (χ0v) is 16.9. The first-order chi connectivity index (χ1) is 13.4. The molecule has 0 atom stereocenters. The molecule has 1 N–H and O–H groups in total. The Labute approximate surface area is 167 Å². The van der Waals surface area contributed by atoms with E-state index in [1.807, 2.05) is 54.6 Å². The van der Waals surface area contributed by atoms with Crippen LogP contribution in [0, 0.1) is 5.41 Å². The van der Waals surface area contributed by atoms with Gasteiger partial charge < -0.3 is 15.1 Å². The van der Waals surface area contributed by atoms with Crippen molar-refractivity contribution >= 4 is 23.2 Å². The van der Waals surface area contributed by atoms with Crippen molar-refractivity contribution in [3.63, 3.8) is 0 Å². The largest absolute Gasteiger partial charge is 0.372 e. The molecule has 5 heteroatoms. The van der Waals surface area contributed by atoms with Gasteiger partial charge in [-0.1, -0.05) is 30.3 Å². The average Bonchev–Trinajstić information content (AvgIpc) is 3.23. The molecule has 1 heterocycles. The standard InChI is InChI=1S/C23H29N3O2/c1-23(2,22(28)25(3)17-18-9-5-4-6-10-18)21(27)24-19-11-13-20(14-12-19)26-15-7-8-16-26/h4-6,9-14H,7-8,15-17H2,1-3H3,(H,24,27). The molecule has 0 spiro atoms. The molecular weight excluding hydrogens is 350 g/mol. The maximum atomic E-state index is 12.9. The van der Waals surface area contributed by atoms with Crippen LogP contribution in [0.1, 0.15) is 32.3 Å². The first-order valence-corrected chi connectivity index (χ1v) is 9.84. The Balaban J connectivity index is 1.62. The third kappa shape index (κ3) is 4.53. The summed E-state index contributed by atoms with van der Waals surface area (Å²) in [7, 11) is 1.73. The van der Waals surface area contributed by atoms with Gasteiger partial charge in [0.05, 0.1) is 0 Å². The summed E-state index contributed by atoms with van der Waals surface area (Å²) >= 11 is 0. The molecule has 2 aromatic rings. The first kappa shape index (κ1) is 19.9. The molecule has 3 rings (SSSR count). The van der Waals surface area contributed by atoms with Gasteiger partial charge in [0.1, 0.15) is 5.41 Å². The number of hydrogen-bond donors (Lipinski definition) is 1. The average molecular weight is 380 g/mol. The number of carbonyl (C=O) groups excluding carboxylic acids is 2. The molecule has 1 aliphatic heterocycles. The Morgan fingerprint density at radius 3 is 2.21 bits per heavy atom. The fourth-order valence-electron chi connectivity index (χ4n) is 3.52. The van der Waals surface area contributed by atoms with Crippen LogP contribution in [0.5, 0.6) is 0 Å². The van der Waals surface area contributed by atoms with Crippen LogP contribution in [0.2, 0.25) is 0 Å². The van der Waals surface area contributed by atoms with Crippen molar-refractivity contribution in [2.75, 3.05) is 30.4 Å². The molecule has 2 amide bonds. The van der Waals surface area contributed by atoms with Crippen LogP contribution in [0.25, 0.3) is 0 Å². The van der Waals surface area contributed by atoms with Crippen LogP contribution in [-0.2, 0) is 16.1 Å². The first-order valence-electron chi connectivity index (χ1n) is 9.84. The topological polar surface area (TPSA) is 52.7 Å². The SMILES string of the molecule is CN(Cc1ccccc1)C(=O)C(C)(C)C(=O)Nc1ccc(N2CCCC2)cc1. The fraction of sp³-hybridized carbons (Fsp3) is 0.391. The second kappa shape index (κ2) is 8.46. The Hall–Kier alpha value is -2.82. The number of benzene rings is 2. The fourth-order valence-corrected chi connectivity index (χ4v) is 3.52. The van der Waals surface area contributed by atoms with Gasteiger partial charge in [0, 0.05) is 38.1 Å². The maximum Gasteiger partial charge on any atom is 0.239 e. The highest BCUT2D eigenvalue weighted by molar-refractivity contribution is 6.09. The van der Waals surface area contributed by atoms with Gasteiger partial charge in [-0.2, -0.15) is 0 Å². The molecule has 1 fully saturated rings. The molecule has 1 saturated heterocycles. The lowest BCUT2D eigenvalue weighted by atomic mass is 9.90.